The van der Waals surface area contributed by atoms with Gasteiger partial charge in [-0.15, -0.1) is 0 Å². The molecule has 12 heteroatoms. The second-order valence-electron chi connectivity index (χ2n) is 4.98. The predicted molar refractivity (Wildman–Crippen MR) is 95.9 cm³/mol. The molecule has 3 rings (SSSR count). The first kappa shape index (κ1) is 18.3. The number of nitrogens with zero attached hydrogens (tertiary/aromatic N) is 3. The zero-order valence-corrected chi connectivity index (χ0v) is 14.9. The van der Waals surface area contributed by atoms with Crippen molar-refractivity contribution in [3.63, 3.8) is 0 Å². The molecule has 0 aliphatic carbocycles. The van der Waals surface area contributed by atoms with Crippen LogP contribution in [0.25, 0.3) is 0 Å². The summed E-state index contributed by atoms with van der Waals surface area (Å²) in [7, 11) is 0. The molecule has 0 aliphatic rings. The number of benzene rings is 1. The summed E-state index contributed by atoms with van der Waals surface area (Å²) < 4.78 is 19.4. The summed E-state index contributed by atoms with van der Waals surface area (Å²) in [5, 5.41) is 14.0. The van der Waals surface area contributed by atoms with E-state index in [0.717, 1.165) is 6.33 Å². The predicted octanol–water partition coefficient (Wildman–Crippen LogP) is 3.38. The normalized spacial score (nSPS) is 10.3. The van der Waals surface area contributed by atoms with Crippen LogP contribution < -0.4 is 16.2 Å². The van der Waals surface area contributed by atoms with Crippen LogP contribution in [-0.2, 0) is 0 Å². The number of carbonyl (C=O) groups is 1. The van der Waals surface area contributed by atoms with E-state index in [1.807, 2.05) is 0 Å². The largest absolute Gasteiger partial charge is 0.459 e. The molecule has 0 fully saturated rings. The van der Waals surface area contributed by atoms with Crippen molar-refractivity contribution in [3.8, 4) is 0 Å². The molecule has 0 saturated carbocycles. The average molecular weight is 437 g/mol. The zero-order chi connectivity index (χ0) is 19.4. The molecule has 0 radical (unpaired) electrons. The lowest BCUT2D eigenvalue weighted by molar-refractivity contribution is -0.383. The van der Waals surface area contributed by atoms with Crippen LogP contribution in [0.3, 0.4) is 0 Å². The van der Waals surface area contributed by atoms with E-state index in [4.69, 9.17) is 4.42 Å². The number of halogens is 2. The van der Waals surface area contributed by atoms with Crippen LogP contribution in [0.1, 0.15) is 10.6 Å². The minimum Gasteiger partial charge on any atom is -0.459 e. The number of rotatable bonds is 6. The number of aromatic nitrogens is 2. The molecule has 3 aromatic rings. The van der Waals surface area contributed by atoms with Crippen LogP contribution in [0.5, 0.6) is 0 Å². The summed E-state index contributed by atoms with van der Waals surface area (Å²) in [5.74, 6) is -1.87. The van der Waals surface area contributed by atoms with Gasteiger partial charge < -0.3 is 9.73 Å². The summed E-state index contributed by atoms with van der Waals surface area (Å²) >= 11 is 3.12. The molecule has 0 bridgehead atoms. The van der Waals surface area contributed by atoms with Crippen molar-refractivity contribution in [3.05, 3.63) is 69.1 Å². The third-order valence-electron chi connectivity index (χ3n) is 3.23. The van der Waals surface area contributed by atoms with Gasteiger partial charge in [0.1, 0.15) is 12.1 Å². The van der Waals surface area contributed by atoms with Gasteiger partial charge in [0.2, 0.25) is 11.6 Å². The minimum absolute atomic E-state index is 0.00510. The first-order chi connectivity index (χ1) is 13.0. The van der Waals surface area contributed by atoms with E-state index in [1.165, 1.54) is 30.5 Å². The smallest absolute Gasteiger partial charge is 0.355 e. The molecule has 27 heavy (non-hydrogen) atoms. The van der Waals surface area contributed by atoms with Gasteiger partial charge in [-0.25, -0.2) is 14.4 Å². The first-order valence-corrected chi connectivity index (χ1v) is 8.06. The fourth-order valence-electron chi connectivity index (χ4n) is 2.04. The van der Waals surface area contributed by atoms with Crippen molar-refractivity contribution < 1.29 is 18.5 Å². The number of nitrogens with one attached hydrogen (secondary N) is 3. The molecule has 2 heterocycles. The van der Waals surface area contributed by atoms with Crippen LogP contribution in [0, 0.1) is 15.9 Å². The fourth-order valence-corrected chi connectivity index (χ4v) is 2.37. The van der Waals surface area contributed by atoms with Gasteiger partial charge in [0.25, 0.3) is 0 Å². The first-order valence-electron chi connectivity index (χ1n) is 7.27. The van der Waals surface area contributed by atoms with Gasteiger partial charge in [-0.3, -0.25) is 25.8 Å². The molecule has 0 spiro atoms. The van der Waals surface area contributed by atoms with Gasteiger partial charge in [0, 0.05) is 4.47 Å². The van der Waals surface area contributed by atoms with Crippen molar-refractivity contribution >= 4 is 44.8 Å². The molecule has 10 nitrogen and oxygen atoms in total. The second kappa shape index (κ2) is 7.78. The van der Waals surface area contributed by atoms with Gasteiger partial charge >= 0.3 is 11.6 Å². The maximum atomic E-state index is 14.0. The van der Waals surface area contributed by atoms with Crippen LogP contribution in [-0.4, -0.2) is 20.8 Å². The zero-order valence-electron chi connectivity index (χ0n) is 13.3. The molecule has 3 N–H and O–H groups in total. The summed E-state index contributed by atoms with van der Waals surface area (Å²) in [5.41, 5.74) is 3.95. The van der Waals surface area contributed by atoms with E-state index >= 15 is 0 Å². The van der Waals surface area contributed by atoms with Gasteiger partial charge in [-0.2, -0.15) is 0 Å². The van der Waals surface area contributed by atoms with Crippen molar-refractivity contribution in [1.82, 2.24) is 15.4 Å². The van der Waals surface area contributed by atoms with Crippen LogP contribution in [0.4, 0.5) is 27.4 Å². The Hall–Kier alpha value is -3.54. The standard InChI is InChI=1S/C15H10BrFN6O4/c16-8-3-4-10(9(17)6-8)20-13-12(23(25)26)14(19-7-18-13)21-22-15(24)11-2-1-5-27-11/h1-7H,(H,22,24)(H2,18,19,20,21). The van der Waals surface area contributed by atoms with Crippen molar-refractivity contribution in [1.29, 1.82) is 0 Å². The van der Waals surface area contributed by atoms with Crippen LogP contribution in [0.2, 0.25) is 0 Å². The van der Waals surface area contributed by atoms with Gasteiger partial charge in [-0.1, -0.05) is 15.9 Å². The Labute approximate surface area is 159 Å². The highest BCUT2D eigenvalue weighted by Gasteiger charge is 2.24. The molecule has 1 aromatic carbocycles. The fraction of sp³-hybridized carbons (Fsp3) is 0. The molecule has 2 aromatic heterocycles. The Morgan fingerprint density at radius 2 is 2.04 bits per heavy atom. The van der Waals surface area contributed by atoms with Crippen LogP contribution in [0.15, 0.2) is 51.8 Å². The van der Waals surface area contributed by atoms with Crippen molar-refractivity contribution in [2.75, 3.05) is 10.7 Å². The van der Waals surface area contributed by atoms with E-state index in [9.17, 15) is 19.3 Å². The van der Waals surface area contributed by atoms with E-state index in [2.05, 4.69) is 42.1 Å². The maximum Gasteiger partial charge on any atom is 0.355 e. The molecule has 0 saturated heterocycles. The van der Waals surface area contributed by atoms with Gasteiger partial charge in [-0.05, 0) is 30.3 Å². The Kier molecular flexibility index (Phi) is 5.26. The number of hydrogen-bond donors (Lipinski definition) is 3. The number of hydrogen-bond acceptors (Lipinski definition) is 8. The summed E-state index contributed by atoms with van der Waals surface area (Å²) in [4.78, 5) is 30.1. The summed E-state index contributed by atoms with van der Waals surface area (Å²) in [6.45, 7) is 0. The minimum atomic E-state index is -0.763. The Balaban J connectivity index is 1.86. The summed E-state index contributed by atoms with van der Waals surface area (Å²) in [6, 6.07) is 7.06. The van der Waals surface area contributed by atoms with E-state index in [0.29, 0.717) is 4.47 Å². The number of nitro groups is 1. The topological polar surface area (TPSA) is 135 Å². The number of furan rings is 1. The highest BCUT2D eigenvalue weighted by atomic mass is 79.9. The molecule has 0 unspecified atom stereocenters. The molecular formula is C15H10BrFN6O4. The van der Waals surface area contributed by atoms with Crippen LogP contribution >= 0.6 is 15.9 Å². The maximum absolute atomic E-state index is 14.0. The number of hydrazine groups is 1. The van der Waals surface area contributed by atoms with E-state index in [1.54, 1.807) is 6.07 Å². The van der Waals surface area contributed by atoms with Gasteiger partial charge in [0.05, 0.1) is 16.9 Å². The third-order valence-corrected chi connectivity index (χ3v) is 3.72. The monoisotopic (exact) mass is 436 g/mol. The lowest BCUT2D eigenvalue weighted by Gasteiger charge is -2.11. The Morgan fingerprint density at radius 3 is 2.70 bits per heavy atom. The number of amides is 1. The molecule has 0 atom stereocenters. The summed E-state index contributed by atoms with van der Waals surface area (Å²) in [6.07, 6.45) is 2.32. The molecular weight excluding hydrogens is 427 g/mol. The molecule has 1 amide bonds. The third kappa shape index (κ3) is 4.17. The highest BCUT2D eigenvalue weighted by Crippen LogP contribution is 2.32. The second-order valence-corrected chi connectivity index (χ2v) is 5.90. The van der Waals surface area contributed by atoms with Gasteiger partial charge in [0.15, 0.2) is 5.76 Å². The van der Waals surface area contributed by atoms with E-state index in [-0.39, 0.29) is 23.1 Å². The molecule has 0 aliphatic heterocycles. The Morgan fingerprint density at radius 1 is 1.26 bits per heavy atom. The lowest BCUT2D eigenvalue weighted by Crippen LogP contribution is -2.30. The molecule has 138 valence electrons. The highest BCUT2D eigenvalue weighted by molar-refractivity contribution is 9.10. The SMILES string of the molecule is O=C(NNc1ncnc(Nc2ccc(Br)cc2F)c1[N+](=O)[O-])c1ccco1. The number of carbonyl (C=O) groups excluding carboxylic acids is 1. The number of anilines is 3. The van der Waals surface area contributed by atoms with Crippen molar-refractivity contribution in [2.24, 2.45) is 0 Å². The lowest BCUT2D eigenvalue weighted by atomic mass is 10.3. The van der Waals surface area contributed by atoms with Crippen molar-refractivity contribution in [2.45, 2.75) is 0 Å². The average Bonchev–Trinajstić information content (AvgIpc) is 3.16. The Bertz CT molecular complexity index is 998. The van der Waals surface area contributed by atoms with E-state index < -0.39 is 22.3 Å². The quantitative estimate of drug-likeness (QED) is 0.395.